The summed E-state index contributed by atoms with van der Waals surface area (Å²) < 4.78 is 91.3. The Kier molecular flexibility index (Phi) is 6.68. The standard InChI is InChI=1S/C21H17F3N4O6S3/c1-13-19(29)28(15-4-6-16(7-5-15)36(31,32)21(22,23)24)20(30)27(13)12-14-8-9-25-11-17(14)26-37(33,34)18-3-2-10-35-18/h2-11,26,29H,12H2,1H3. The summed E-state index contributed by atoms with van der Waals surface area (Å²) in [6.07, 6.45) is 2.65. The van der Waals surface area contributed by atoms with Gasteiger partial charge >= 0.3 is 11.2 Å². The molecule has 0 aliphatic heterocycles. The van der Waals surface area contributed by atoms with Crippen molar-refractivity contribution in [3.8, 4) is 11.6 Å². The number of thiophene rings is 1. The maximum absolute atomic E-state index is 13.2. The first-order chi connectivity index (χ1) is 17.2. The third kappa shape index (κ3) is 4.86. The van der Waals surface area contributed by atoms with Crippen LogP contribution >= 0.6 is 11.3 Å². The average Bonchev–Trinajstić information content (AvgIpc) is 3.44. The van der Waals surface area contributed by atoms with E-state index in [1.54, 1.807) is 11.4 Å². The van der Waals surface area contributed by atoms with Crippen LogP contribution in [0.3, 0.4) is 0 Å². The van der Waals surface area contributed by atoms with Gasteiger partial charge in [-0.2, -0.15) is 13.2 Å². The second-order valence-electron chi connectivity index (χ2n) is 7.63. The van der Waals surface area contributed by atoms with Gasteiger partial charge in [-0.05, 0) is 54.3 Å². The normalized spacial score (nSPS) is 12.5. The second kappa shape index (κ2) is 9.35. The van der Waals surface area contributed by atoms with E-state index in [1.165, 1.54) is 31.5 Å². The van der Waals surface area contributed by atoms with Gasteiger partial charge in [0.05, 0.1) is 34.7 Å². The number of sulfonamides is 1. The number of imidazole rings is 1. The summed E-state index contributed by atoms with van der Waals surface area (Å²) in [4.78, 5) is 16.1. The molecule has 0 radical (unpaired) electrons. The summed E-state index contributed by atoms with van der Waals surface area (Å²) in [5.74, 6) is -0.536. The van der Waals surface area contributed by atoms with Gasteiger partial charge < -0.3 is 5.11 Å². The summed E-state index contributed by atoms with van der Waals surface area (Å²) in [6, 6.07) is 7.73. The van der Waals surface area contributed by atoms with Crippen LogP contribution in [-0.4, -0.2) is 41.6 Å². The Bertz CT molecular complexity index is 1730. The molecule has 37 heavy (non-hydrogen) atoms. The Balaban J connectivity index is 1.70. The lowest BCUT2D eigenvalue weighted by atomic mass is 10.2. The quantitative estimate of drug-likeness (QED) is 0.345. The Labute approximate surface area is 212 Å². The Morgan fingerprint density at radius 1 is 1.08 bits per heavy atom. The number of halogens is 3. The van der Waals surface area contributed by atoms with Crippen LogP contribution in [0.1, 0.15) is 11.3 Å². The molecule has 0 aliphatic carbocycles. The van der Waals surface area contributed by atoms with Crippen molar-refractivity contribution >= 4 is 36.9 Å². The lowest BCUT2D eigenvalue weighted by Crippen LogP contribution is -2.25. The summed E-state index contributed by atoms with van der Waals surface area (Å²) in [7, 11) is -9.51. The van der Waals surface area contributed by atoms with Gasteiger partial charge in [-0.15, -0.1) is 11.3 Å². The maximum Gasteiger partial charge on any atom is 0.501 e. The fraction of sp³-hybridized carbons (Fsp3) is 0.143. The second-order valence-corrected chi connectivity index (χ2v) is 12.4. The molecule has 4 aromatic rings. The molecule has 0 fully saturated rings. The average molecular weight is 575 g/mol. The highest BCUT2D eigenvalue weighted by Gasteiger charge is 2.46. The third-order valence-electron chi connectivity index (χ3n) is 5.32. The van der Waals surface area contributed by atoms with Gasteiger partial charge in [-0.3, -0.25) is 14.3 Å². The van der Waals surface area contributed by atoms with Gasteiger partial charge in [-0.25, -0.2) is 26.2 Å². The molecule has 196 valence electrons. The zero-order valence-electron chi connectivity index (χ0n) is 18.7. The van der Waals surface area contributed by atoms with Crippen LogP contribution in [-0.2, 0) is 26.4 Å². The monoisotopic (exact) mass is 574 g/mol. The van der Waals surface area contributed by atoms with Crippen molar-refractivity contribution in [3.63, 3.8) is 0 Å². The van der Waals surface area contributed by atoms with Crippen LogP contribution in [0.15, 0.2) is 74.1 Å². The molecule has 1 aromatic carbocycles. The molecule has 0 atom stereocenters. The minimum atomic E-state index is -5.59. The number of aromatic nitrogens is 3. The first-order valence-electron chi connectivity index (χ1n) is 10.2. The smallest absolute Gasteiger partial charge is 0.493 e. The molecule has 10 nitrogen and oxygen atoms in total. The van der Waals surface area contributed by atoms with Crippen LogP contribution in [0, 0.1) is 6.92 Å². The molecule has 0 saturated heterocycles. The van der Waals surface area contributed by atoms with E-state index < -0.39 is 41.8 Å². The fourth-order valence-corrected chi connectivity index (χ4v) is 6.24. The number of aromatic hydroxyl groups is 1. The maximum atomic E-state index is 13.2. The number of hydrogen-bond donors (Lipinski definition) is 2. The van der Waals surface area contributed by atoms with E-state index in [0.29, 0.717) is 17.7 Å². The molecule has 2 N–H and O–H groups in total. The predicted molar refractivity (Wildman–Crippen MR) is 128 cm³/mol. The van der Waals surface area contributed by atoms with Crippen molar-refractivity contribution < 1.29 is 35.1 Å². The Morgan fingerprint density at radius 2 is 1.76 bits per heavy atom. The Hall–Kier alpha value is -3.63. The van der Waals surface area contributed by atoms with Crippen molar-refractivity contribution in [1.29, 1.82) is 0 Å². The highest BCUT2D eigenvalue weighted by atomic mass is 32.2. The van der Waals surface area contributed by atoms with E-state index in [9.17, 15) is 39.9 Å². The topological polar surface area (TPSA) is 140 Å². The summed E-state index contributed by atoms with van der Waals surface area (Å²) in [5, 5.41) is 12.2. The van der Waals surface area contributed by atoms with E-state index in [1.807, 2.05) is 0 Å². The highest BCUT2D eigenvalue weighted by molar-refractivity contribution is 7.94. The van der Waals surface area contributed by atoms with Crippen LogP contribution in [0.25, 0.3) is 5.69 Å². The lowest BCUT2D eigenvalue weighted by Gasteiger charge is -2.12. The van der Waals surface area contributed by atoms with Crippen molar-refractivity contribution in [2.24, 2.45) is 0 Å². The van der Waals surface area contributed by atoms with E-state index in [4.69, 9.17) is 0 Å². The van der Waals surface area contributed by atoms with Gasteiger partial charge in [0.25, 0.3) is 19.9 Å². The summed E-state index contributed by atoms with van der Waals surface area (Å²) in [6.45, 7) is 1.21. The van der Waals surface area contributed by atoms with E-state index in [2.05, 4.69) is 9.71 Å². The summed E-state index contributed by atoms with van der Waals surface area (Å²) in [5.41, 5.74) is -5.88. The largest absolute Gasteiger partial charge is 0.501 e. The number of rotatable bonds is 7. The number of hydrogen-bond acceptors (Lipinski definition) is 8. The SMILES string of the molecule is Cc1c(O)n(-c2ccc(S(=O)(=O)C(F)(F)F)cc2)c(=O)n1Cc1ccncc1NS(=O)(=O)c1cccs1. The van der Waals surface area contributed by atoms with Gasteiger partial charge in [0.2, 0.25) is 5.88 Å². The minimum Gasteiger partial charge on any atom is -0.493 e. The number of pyridine rings is 1. The molecule has 16 heteroatoms. The molecular formula is C21H17F3N4O6S3. The first kappa shape index (κ1) is 26.4. The molecule has 0 unspecified atom stereocenters. The Morgan fingerprint density at radius 3 is 2.35 bits per heavy atom. The van der Waals surface area contributed by atoms with E-state index >= 15 is 0 Å². The fourth-order valence-electron chi connectivity index (χ4n) is 3.40. The van der Waals surface area contributed by atoms with Gasteiger partial charge in [-0.1, -0.05) is 6.07 Å². The third-order valence-corrected chi connectivity index (χ3v) is 9.58. The van der Waals surface area contributed by atoms with Gasteiger partial charge in [0, 0.05) is 6.20 Å². The van der Waals surface area contributed by atoms with Gasteiger partial charge in [0.1, 0.15) is 4.21 Å². The van der Waals surface area contributed by atoms with E-state index in [0.717, 1.165) is 32.6 Å². The van der Waals surface area contributed by atoms with Crippen molar-refractivity contribution in [3.05, 3.63) is 82.0 Å². The molecule has 0 amide bonds. The molecule has 3 heterocycles. The molecule has 0 saturated carbocycles. The number of nitrogens with zero attached hydrogens (tertiary/aromatic N) is 3. The first-order valence-corrected chi connectivity index (χ1v) is 14.0. The van der Waals surface area contributed by atoms with Gasteiger partial charge in [0.15, 0.2) is 0 Å². The molecule has 0 aliphatic rings. The van der Waals surface area contributed by atoms with Crippen LogP contribution < -0.4 is 10.4 Å². The number of nitrogens with one attached hydrogen (secondary N) is 1. The van der Waals surface area contributed by atoms with Crippen molar-refractivity contribution in [1.82, 2.24) is 14.1 Å². The molecule has 4 rings (SSSR count). The molecule has 0 bridgehead atoms. The molecular weight excluding hydrogens is 557 g/mol. The minimum absolute atomic E-state index is 0.0652. The van der Waals surface area contributed by atoms with Crippen molar-refractivity contribution in [2.45, 2.75) is 28.1 Å². The number of alkyl halides is 3. The van der Waals surface area contributed by atoms with Crippen LogP contribution in [0.2, 0.25) is 0 Å². The number of anilines is 1. The zero-order valence-corrected chi connectivity index (χ0v) is 21.1. The van der Waals surface area contributed by atoms with Crippen LogP contribution in [0.4, 0.5) is 18.9 Å². The molecule has 3 aromatic heterocycles. The van der Waals surface area contributed by atoms with Crippen LogP contribution in [0.5, 0.6) is 5.88 Å². The zero-order chi connectivity index (χ0) is 27.2. The number of benzene rings is 1. The lowest BCUT2D eigenvalue weighted by molar-refractivity contribution is -0.0436. The molecule has 0 spiro atoms. The van der Waals surface area contributed by atoms with E-state index in [-0.39, 0.29) is 27.8 Å². The highest BCUT2D eigenvalue weighted by Crippen LogP contribution is 2.31. The van der Waals surface area contributed by atoms with Crippen molar-refractivity contribution in [2.75, 3.05) is 4.72 Å². The number of sulfone groups is 1. The predicted octanol–water partition coefficient (Wildman–Crippen LogP) is 3.25. The summed E-state index contributed by atoms with van der Waals surface area (Å²) >= 11 is 1.01.